The number of amides is 1. The van der Waals surface area contributed by atoms with Gasteiger partial charge in [0.2, 0.25) is 0 Å². The van der Waals surface area contributed by atoms with Crippen LogP contribution in [0.5, 0.6) is 5.75 Å². The second-order valence-electron chi connectivity index (χ2n) is 3.95. The number of hydrogen-bond donors (Lipinski definition) is 2. The van der Waals surface area contributed by atoms with Crippen molar-refractivity contribution in [1.82, 2.24) is 5.43 Å². The zero-order valence-electron chi connectivity index (χ0n) is 10.3. The lowest BCUT2D eigenvalue weighted by molar-refractivity contribution is 0.0922. The van der Waals surface area contributed by atoms with Crippen LogP contribution in [0, 0.1) is 6.92 Å². The van der Waals surface area contributed by atoms with Crippen LogP contribution in [-0.2, 0) is 6.61 Å². The van der Waals surface area contributed by atoms with Crippen LogP contribution in [0.15, 0.2) is 34.9 Å². The molecule has 6 heteroatoms. The van der Waals surface area contributed by atoms with Crippen molar-refractivity contribution in [2.75, 3.05) is 0 Å². The molecule has 0 atom stereocenters. The number of rotatable bonds is 4. The summed E-state index contributed by atoms with van der Waals surface area (Å²) >= 11 is 5.86. The largest absolute Gasteiger partial charge is 0.488 e. The third kappa shape index (κ3) is 3.07. The maximum absolute atomic E-state index is 11.4. The van der Waals surface area contributed by atoms with Crippen molar-refractivity contribution in [1.29, 1.82) is 0 Å². The Hall–Kier alpha value is -1.98. The minimum atomic E-state index is -0.489. The predicted molar refractivity (Wildman–Crippen MR) is 70.9 cm³/mol. The van der Waals surface area contributed by atoms with Gasteiger partial charge in [-0.15, -0.1) is 0 Å². The van der Waals surface area contributed by atoms with Crippen molar-refractivity contribution >= 4 is 17.5 Å². The maximum atomic E-state index is 11.4. The zero-order chi connectivity index (χ0) is 13.8. The van der Waals surface area contributed by atoms with Crippen molar-refractivity contribution < 1.29 is 13.9 Å². The molecule has 0 radical (unpaired) electrons. The average Bonchev–Trinajstić information content (AvgIpc) is 2.85. The van der Waals surface area contributed by atoms with Crippen molar-refractivity contribution in [3.63, 3.8) is 0 Å². The molecule has 100 valence electrons. The van der Waals surface area contributed by atoms with Crippen molar-refractivity contribution in [3.8, 4) is 5.75 Å². The lowest BCUT2D eigenvalue weighted by Crippen LogP contribution is -2.30. The van der Waals surface area contributed by atoms with Gasteiger partial charge in [0.05, 0.1) is 6.26 Å². The first-order valence-electron chi connectivity index (χ1n) is 5.58. The van der Waals surface area contributed by atoms with Crippen LogP contribution >= 0.6 is 11.6 Å². The summed E-state index contributed by atoms with van der Waals surface area (Å²) in [4.78, 5) is 11.4. The number of hydrogen-bond acceptors (Lipinski definition) is 4. The van der Waals surface area contributed by atoms with E-state index in [9.17, 15) is 4.79 Å². The number of nitrogen functional groups attached to an aromatic ring is 1. The van der Waals surface area contributed by atoms with E-state index in [4.69, 9.17) is 26.6 Å². The first-order chi connectivity index (χ1) is 9.11. The molecule has 0 saturated carbocycles. The minimum Gasteiger partial charge on any atom is -0.488 e. The summed E-state index contributed by atoms with van der Waals surface area (Å²) in [7, 11) is 0. The van der Waals surface area contributed by atoms with Crippen LogP contribution in [0.3, 0.4) is 0 Å². The van der Waals surface area contributed by atoms with Crippen LogP contribution < -0.4 is 16.0 Å². The molecule has 0 fully saturated rings. The molecule has 0 aliphatic rings. The quantitative estimate of drug-likeness (QED) is 0.512. The topological polar surface area (TPSA) is 77.5 Å². The Bertz CT molecular complexity index is 595. The molecular formula is C13H13ClN2O3. The van der Waals surface area contributed by atoms with Gasteiger partial charge in [0.25, 0.3) is 0 Å². The van der Waals surface area contributed by atoms with Gasteiger partial charge in [0, 0.05) is 10.6 Å². The Labute approximate surface area is 115 Å². The van der Waals surface area contributed by atoms with Crippen LogP contribution in [0.4, 0.5) is 0 Å². The van der Waals surface area contributed by atoms with E-state index in [0.717, 1.165) is 5.56 Å². The van der Waals surface area contributed by atoms with Crippen LogP contribution in [-0.4, -0.2) is 5.91 Å². The molecule has 2 aromatic rings. The van der Waals surface area contributed by atoms with Gasteiger partial charge < -0.3 is 9.15 Å². The predicted octanol–water partition coefficient (Wildman–Crippen LogP) is 2.42. The first kappa shape index (κ1) is 13.5. The molecule has 0 unspecified atom stereocenters. The van der Waals surface area contributed by atoms with E-state index in [2.05, 4.69) is 0 Å². The van der Waals surface area contributed by atoms with E-state index >= 15 is 0 Å². The molecule has 1 amide bonds. The molecule has 0 saturated heterocycles. The third-order valence-electron chi connectivity index (χ3n) is 2.60. The number of aryl methyl sites for hydroxylation is 1. The maximum Gasteiger partial charge on any atom is 0.301 e. The molecule has 2 rings (SSSR count). The second kappa shape index (κ2) is 5.77. The number of carbonyl (C=O) groups excluding carboxylic acids is 1. The molecule has 0 bridgehead atoms. The zero-order valence-corrected chi connectivity index (χ0v) is 11.0. The fourth-order valence-corrected chi connectivity index (χ4v) is 1.87. The van der Waals surface area contributed by atoms with Gasteiger partial charge >= 0.3 is 5.91 Å². The minimum absolute atomic E-state index is 0.147. The molecule has 5 nitrogen and oxygen atoms in total. The van der Waals surface area contributed by atoms with Gasteiger partial charge in [0.15, 0.2) is 5.76 Å². The van der Waals surface area contributed by atoms with Crippen LogP contribution in [0.2, 0.25) is 5.02 Å². The number of carbonyl (C=O) groups is 1. The lowest BCUT2D eigenvalue weighted by Gasteiger charge is -2.09. The summed E-state index contributed by atoms with van der Waals surface area (Å²) in [5, 5.41) is 0.649. The van der Waals surface area contributed by atoms with Gasteiger partial charge in [-0.05, 0) is 36.8 Å². The molecule has 0 aliphatic carbocycles. The van der Waals surface area contributed by atoms with Crippen molar-refractivity contribution in [3.05, 3.63) is 52.4 Å². The number of benzene rings is 1. The third-order valence-corrected chi connectivity index (χ3v) is 2.84. The standard InChI is InChI=1S/C13H13ClN2O3/c1-8-6-10(14)2-3-11(8)19-7-9-4-5-18-12(9)13(17)16-15/h2-6H,7,15H2,1H3,(H,16,17). The van der Waals surface area contributed by atoms with E-state index in [1.54, 1.807) is 24.3 Å². The molecule has 3 N–H and O–H groups in total. The summed E-state index contributed by atoms with van der Waals surface area (Å²) in [6.45, 7) is 2.10. The van der Waals surface area contributed by atoms with Crippen LogP contribution in [0.1, 0.15) is 21.7 Å². The summed E-state index contributed by atoms with van der Waals surface area (Å²) in [5.41, 5.74) is 3.56. The van der Waals surface area contributed by atoms with Gasteiger partial charge in [-0.3, -0.25) is 10.2 Å². The number of ether oxygens (including phenoxy) is 1. The number of halogens is 1. The van der Waals surface area contributed by atoms with E-state index in [0.29, 0.717) is 16.3 Å². The van der Waals surface area contributed by atoms with E-state index in [-0.39, 0.29) is 12.4 Å². The molecule has 1 aromatic heterocycles. The van der Waals surface area contributed by atoms with Gasteiger partial charge in [-0.25, -0.2) is 5.84 Å². The summed E-state index contributed by atoms with van der Waals surface area (Å²) in [6, 6.07) is 6.99. The lowest BCUT2D eigenvalue weighted by atomic mass is 10.2. The Morgan fingerprint density at radius 2 is 2.26 bits per heavy atom. The smallest absolute Gasteiger partial charge is 0.301 e. The molecule has 19 heavy (non-hydrogen) atoms. The molecule has 1 aromatic carbocycles. The molecule has 1 heterocycles. The Kier molecular flexibility index (Phi) is 4.09. The molecule has 0 spiro atoms. The number of hydrazine groups is 1. The van der Waals surface area contributed by atoms with Crippen molar-refractivity contribution in [2.45, 2.75) is 13.5 Å². The first-order valence-corrected chi connectivity index (χ1v) is 5.96. The Morgan fingerprint density at radius 1 is 1.47 bits per heavy atom. The number of furan rings is 1. The highest BCUT2D eigenvalue weighted by atomic mass is 35.5. The molecular weight excluding hydrogens is 268 g/mol. The highest BCUT2D eigenvalue weighted by molar-refractivity contribution is 6.30. The number of nitrogens with one attached hydrogen (secondary N) is 1. The normalized spacial score (nSPS) is 10.3. The number of nitrogens with two attached hydrogens (primary N) is 1. The van der Waals surface area contributed by atoms with E-state index < -0.39 is 5.91 Å². The Morgan fingerprint density at radius 3 is 2.95 bits per heavy atom. The highest BCUT2D eigenvalue weighted by Gasteiger charge is 2.14. The fraction of sp³-hybridized carbons (Fsp3) is 0.154. The molecule has 0 aliphatic heterocycles. The van der Waals surface area contributed by atoms with Crippen LogP contribution in [0.25, 0.3) is 0 Å². The van der Waals surface area contributed by atoms with Crippen molar-refractivity contribution in [2.24, 2.45) is 5.84 Å². The van der Waals surface area contributed by atoms with E-state index in [1.807, 2.05) is 12.3 Å². The summed E-state index contributed by atoms with van der Waals surface area (Å²) in [6.07, 6.45) is 1.41. The highest BCUT2D eigenvalue weighted by Crippen LogP contribution is 2.23. The summed E-state index contributed by atoms with van der Waals surface area (Å²) < 4.78 is 10.7. The van der Waals surface area contributed by atoms with Gasteiger partial charge in [-0.1, -0.05) is 11.6 Å². The van der Waals surface area contributed by atoms with Gasteiger partial charge in [0.1, 0.15) is 12.4 Å². The monoisotopic (exact) mass is 280 g/mol. The Balaban J connectivity index is 2.10. The second-order valence-corrected chi connectivity index (χ2v) is 4.38. The van der Waals surface area contributed by atoms with E-state index in [1.165, 1.54) is 6.26 Å². The summed E-state index contributed by atoms with van der Waals surface area (Å²) in [5.74, 6) is 5.42. The fourth-order valence-electron chi connectivity index (χ4n) is 1.64. The SMILES string of the molecule is Cc1cc(Cl)ccc1OCc1ccoc1C(=O)NN. The van der Waals surface area contributed by atoms with Gasteiger partial charge in [-0.2, -0.15) is 0 Å². The average molecular weight is 281 g/mol.